The zero-order valence-electron chi connectivity index (χ0n) is 11.4. The summed E-state index contributed by atoms with van der Waals surface area (Å²) in [7, 11) is 1.70. The second-order valence-corrected chi connectivity index (χ2v) is 4.98. The number of methoxy groups -OCH3 is 1. The summed E-state index contributed by atoms with van der Waals surface area (Å²) in [5.41, 5.74) is 7.70. The number of nitrogens with zero attached hydrogens (tertiary/aromatic N) is 2. The lowest BCUT2D eigenvalue weighted by atomic mass is 10.2. The van der Waals surface area contributed by atoms with Crippen molar-refractivity contribution in [1.29, 1.82) is 0 Å². The largest absolute Gasteiger partial charge is 0.497 e. The molecule has 0 amide bonds. The average Bonchev–Trinajstić information content (AvgIpc) is 3.18. The first-order chi connectivity index (χ1) is 8.72. The zero-order chi connectivity index (χ0) is 13.0. The molecule has 4 heteroatoms. The van der Waals surface area contributed by atoms with Crippen LogP contribution in [0.5, 0.6) is 5.75 Å². The maximum Gasteiger partial charge on any atom is 0.122 e. The topological polar surface area (TPSA) is 51.4 Å². The monoisotopic (exact) mass is 249 g/mol. The van der Waals surface area contributed by atoms with Crippen molar-refractivity contribution in [2.75, 3.05) is 20.2 Å². The molecule has 0 saturated heterocycles. The average molecular weight is 249 g/mol. The predicted octanol–water partition coefficient (Wildman–Crippen LogP) is 1.71. The van der Waals surface area contributed by atoms with Gasteiger partial charge in [0.15, 0.2) is 0 Å². The molecule has 100 valence electrons. The Morgan fingerprint density at radius 1 is 1.44 bits per heavy atom. The molecule has 1 aromatic rings. The highest BCUT2D eigenvalue weighted by atomic mass is 16.5. The molecule has 2 rings (SSSR count). The third-order valence-corrected chi connectivity index (χ3v) is 3.29. The standard InChI is InChI=1S/C14H23N3O/c1-11-8-14(18-2)9-12(16-11)10-17(7-3-6-15)13-4-5-13/h8-9,13H,3-7,10,15H2,1-2H3. The fraction of sp³-hybridized carbons (Fsp3) is 0.643. The Morgan fingerprint density at radius 3 is 2.83 bits per heavy atom. The molecule has 0 bridgehead atoms. The van der Waals surface area contributed by atoms with Crippen molar-refractivity contribution >= 4 is 0 Å². The molecule has 0 atom stereocenters. The third kappa shape index (κ3) is 3.68. The summed E-state index contributed by atoms with van der Waals surface area (Å²) < 4.78 is 5.30. The summed E-state index contributed by atoms with van der Waals surface area (Å²) in [5, 5.41) is 0. The minimum absolute atomic E-state index is 0.741. The van der Waals surface area contributed by atoms with E-state index in [0.717, 1.165) is 49.2 Å². The first kappa shape index (κ1) is 13.3. The minimum atomic E-state index is 0.741. The van der Waals surface area contributed by atoms with E-state index in [1.807, 2.05) is 19.1 Å². The van der Waals surface area contributed by atoms with E-state index in [0.29, 0.717) is 0 Å². The summed E-state index contributed by atoms with van der Waals surface area (Å²) in [6, 6.07) is 4.74. The summed E-state index contributed by atoms with van der Waals surface area (Å²) in [6.07, 6.45) is 3.68. The number of pyridine rings is 1. The first-order valence-corrected chi connectivity index (χ1v) is 6.68. The Bertz CT molecular complexity index is 391. The van der Waals surface area contributed by atoms with E-state index in [9.17, 15) is 0 Å². The van der Waals surface area contributed by atoms with E-state index in [1.54, 1.807) is 7.11 Å². The Labute approximate surface area is 109 Å². The van der Waals surface area contributed by atoms with Gasteiger partial charge in [-0.25, -0.2) is 0 Å². The molecule has 0 radical (unpaired) electrons. The number of ether oxygens (including phenoxy) is 1. The van der Waals surface area contributed by atoms with Crippen molar-refractivity contribution in [2.24, 2.45) is 5.73 Å². The Kier molecular flexibility index (Phi) is 4.55. The van der Waals surface area contributed by atoms with Crippen LogP contribution >= 0.6 is 0 Å². The number of hydrogen-bond donors (Lipinski definition) is 1. The smallest absolute Gasteiger partial charge is 0.122 e. The van der Waals surface area contributed by atoms with Crippen molar-refractivity contribution in [1.82, 2.24) is 9.88 Å². The molecule has 18 heavy (non-hydrogen) atoms. The maximum atomic E-state index is 5.60. The van der Waals surface area contributed by atoms with Crippen molar-refractivity contribution in [3.63, 3.8) is 0 Å². The van der Waals surface area contributed by atoms with Crippen LogP contribution in [-0.2, 0) is 6.54 Å². The molecule has 1 heterocycles. The van der Waals surface area contributed by atoms with Crippen LogP contribution in [0.1, 0.15) is 30.7 Å². The minimum Gasteiger partial charge on any atom is -0.497 e. The molecular weight excluding hydrogens is 226 g/mol. The molecule has 1 fully saturated rings. The number of rotatable bonds is 7. The van der Waals surface area contributed by atoms with Crippen LogP contribution in [0.25, 0.3) is 0 Å². The van der Waals surface area contributed by atoms with Crippen molar-refractivity contribution in [2.45, 2.75) is 38.8 Å². The van der Waals surface area contributed by atoms with Crippen LogP contribution in [-0.4, -0.2) is 36.1 Å². The number of aryl methyl sites for hydroxylation is 1. The summed E-state index contributed by atoms with van der Waals surface area (Å²) in [6.45, 7) is 4.74. The molecule has 1 saturated carbocycles. The molecule has 0 spiro atoms. The molecule has 1 aromatic heterocycles. The van der Waals surface area contributed by atoms with E-state index < -0.39 is 0 Å². The van der Waals surface area contributed by atoms with E-state index >= 15 is 0 Å². The first-order valence-electron chi connectivity index (χ1n) is 6.68. The lowest BCUT2D eigenvalue weighted by Gasteiger charge is -2.21. The van der Waals surface area contributed by atoms with Gasteiger partial charge in [0.1, 0.15) is 5.75 Å². The number of aromatic nitrogens is 1. The van der Waals surface area contributed by atoms with Gasteiger partial charge < -0.3 is 10.5 Å². The molecular formula is C14H23N3O. The molecule has 0 aliphatic heterocycles. The van der Waals surface area contributed by atoms with Crippen LogP contribution in [0.15, 0.2) is 12.1 Å². The van der Waals surface area contributed by atoms with Crippen LogP contribution < -0.4 is 10.5 Å². The van der Waals surface area contributed by atoms with Crippen LogP contribution in [0.3, 0.4) is 0 Å². The molecule has 0 aromatic carbocycles. The van der Waals surface area contributed by atoms with Gasteiger partial charge in [0.2, 0.25) is 0 Å². The third-order valence-electron chi connectivity index (χ3n) is 3.29. The molecule has 2 N–H and O–H groups in total. The highest BCUT2D eigenvalue weighted by molar-refractivity contribution is 5.26. The van der Waals surface area contributed by atoms with Gasteiger partial charge >= 0.3 is 0 Å². The molecule has 1 aliphatic rings. The van der Waals surface area contributed by atoms with Crippen LogP contribution in [0.4, 0.5) is 0 Å². The van der Waals surface area contributed by atoms with Gasteiger partial charge in [0, 0.05) is 37.0 Å². The van der Waals surface area contributed by atoms with E-state index in [1.165, 1.54) is 12.8 Å². The Morgan fingerprint density at radius 2 is 2.22 bits per heavy atom. The highest BCUT2D eigenvalue weighted by Crippen LogP contribution is 2.28. The van der Waals surface area contributed by atoms with Gasteiger partial charge in [-0.2, -0.15) is 0 Å². The van der Waals surface area contributed by atoms with E-state index in [-0.39, 0.29) is 0 Å². The molecule has 0 unspecified atom stereocenters. The lowest BCUT2D eigenvalue weighted by molar-refractivity contribution is 0.249. The van der Waals surface area contributed by atoms with E-state index in [4.69, 9.17) is 10.5 Å². The Hall–Kier alpha value is -1.13. The second-order valence-electron chi connectivity index (χ2n) is 4.98. The predicted molar refractivity (Wildman–Crippen MR) is 72.6 cm³/mol. The summed E-state index contributed by atoms with van der Waals surface area (Å²) in [4.78, 5) is 7.08. The normalized spacial score (nSPS) is 15.1. The lowest BCUT2D eigenvalue weighted by Crippen LogP contribution is -2.28. The van der Waals surface area contributed by atoms with Crippen molar-refractivity contribution in [3.8, 4) is 5.75 Å². The maximum absolute atomic E-state index is 5.60. The fourth-order valence-corrected chi connectivity index (χ4v) is 2.23. The fourth-order valence-electron chi connectivity index (χ4n) is 2.23. The second kappa shape index (κ2) is 6.16. The van der Waals surface area contributed by atoms with Crippen LogP contribution in [0, 0.1) is 6.92 Å². The number of nitrogens with two attached hydrogens (primary N) is 1. The van der Waals surface area contributed by atoms with Gasteiger partial charge in [0.25, 0.3) is 0 Å². The SMILES string of the molecule is COc1cc(C)nc(CN(CCCN)C2CC2)c1. The van der Waals surface area contributed by atoms with Gasteiger partial charge in [-0.3, -0.25) is 9.88 Å². The zero-order valence-corrected chi connectivity index (χ0v) is 11.4. The van der Waals surface area contributed by atoms with Gasteiger partial charge in [-0.05, 0) is 32.7 Å². The van der Waals surface area contributed by atoms with Crippen molar-refractivity contribution < 1.29 is 4.74 Å². The molecule has 1 aliphatic carbocycles. The van der Waals surface area contributed by atoms with Gasteiger partial charge in [-0.15, -0.1) is 0 Å². The van der Waals surface area contributed by atoms with Crippen molar-refractivity contribution in [3.05, 3.63) is 23.5 Å². The molecule has 4 nitrogen and oxygen atoms in total. The summed E-state index contributed by atoms with van der Waals surface area (Å²) in [5.74, 6) is 0.895. The number of hydrogen-bond acceptors (Lipinski definition) is 4. The van der Waals surface area contributed by atoms with Gasteiger partial charge in [-0.1, -0.05) is 0 Å². The van der Waals surface area contributed by atoms with Crippen LogP contribution in [0.2, 0.25) is 0 Å². The highest BCUT2D eigenvalue weighted by Gasteiger charge is 2.28. The van der Waals surface area contributed by atoms with Gasteiger partial charge in [0.05, 0.1) is 12.8 Å². The van der Waals surface area contributed by atoms with E-state index in [2.05, 4.69) is 9.88 Å². The summed E-state index contributed by atoms with van der Waals surface area (Å²) >= 11 is 0. The Balaban J connectivity index is 2.03. The quantitative estimate of drug-likeness (QED) is 0.799.